The van der Waals surface area contributed by atoms with E-state index >= 15 is 0 Å². The van der Waals surface area contributed by atoms with Crippen LogP contribution in [0.3, 0.4) is 0 Å². The third-order valence-electron chi connectivity index (χ3n) is 5.51. The van der Waals surface area contributed by atoms with Crippen LogP contribution in [0.5, 0.6) is 5.75 Å². The van der Waals surface area contributed by atoms with Gasteiger partial charge >= 0.3 is 6.18 Å². The normalized spacial score (nSPS) is 15.7. The molecule has 0 spiro atoms. The van der Waals surface area contributed by atoms with Gasteiger partial charge in [0.1, 0.15) is 5.75 Å². The zero-order valence-corrected chi connectivity index (χ0v) is 17.1. The number of amides is 1. The Morgan fingerprint density at radius 3 is 2.32 bits per heavy atom. The Kier molecular flexibility index (Phi) is 5.76. The molecule has 4 rings (SSSR count). The van der Waals surface area contributed by atoms with Crippen molar-refractivity contribution in [2.45, 2.75) is 19.2 Å². The highest BCUT2D eigenvalue weighted by molar-refractivity contribution is 5.84. The number of alkyl halides is 3. The average molecular weight is 428 g/mol. The molecule has 31 heavy (non-hydrogen) atoms. The van der Waals surface area contributed by atoms with Gasteiger partial charge in [0.25, 0.3) is 5.91 Å². The molecule has 162 valence electrons. The average Bonchev–Trinajstić information content (AvgIpc) is 2.78. The van der Waals surface area contributed by atoms with E-state index in [1.54, 1.807) is 17.9 Å². The van der Waals surface area contributed by atoms with Gasteiger partial charge in [0.2, 0.25) is 0 Å². The van der Waals surface area contributed by atoms with Crippen LogP contribution in [0.25, 0.3) is 10.8 Å². The van der Waals surface area contributed by atoms with Gasteiger partial charge in [-0.2, -0.15) is 13.2 Å². The molecule has 4 nitrogen and oxygen atoms in total. The molecular weight excluding hydrogens is 405 g/mol. The summed E-state index contributed by atoms with van der Waals surface area (Å²) in [5.41, 5.74) is -0.150. The summed E-state index contributed by atoms with van der Waals surface area (Å²) in [6, 6.07) is 18.9. The van der Waals surface area contributed by atoms with Crippen LogP contribution in [0, 0.1) is 0 Å². The summed E-state index contributed by atoms with van der Waals surface area (Å²) >= 11 is 0. The molecule has 1 unspecified atom stereocenters. The second-order valence-corrected chi connectivity index (χ2v) is 7.63. The highest BCUT2D eigenvalue weighted by Gasteiger charge is 2.31. The number of carbonyl (C=O) groups excluding carboxylic acids is 1. The molecule has 1 aliphatic heterocycles. The Morgan fingerprint density at radius 1 is 0.903 bits per heavy atom. The molecule has 0 aromatic heterocycles. The van der Waals surface area contributed by atoms with Crippen molar-refractivity contribution in [1.82, 2.24) is 4.90 Å². The predicted octanol–water partition coefficient (Wildman–Crippen LogP) is 4.97. The van der Waals surface area contributed by atoms with Crippen molar-refractivity contribution >= 4 is 22.4 Å². The van der Waals surface area contributed by atoms with E-state index in [0.717, 1.165) is 22.9 Å². The summed E-state index contributed by atoms with van der Waals surface area (Å²) in [6.45, 7) is 3.52. The van der Waals surface area contributed by atoms with E-state index in [2.05, 4.69) is 0 Å². The number of ether oxygens (including phenoxy) is 1. The number of carbonyl (C=O) groups is 1. The van der Waals surface area contributed by atoms with E-state index in [0.29, 0.717) is 37.6 Å². The summed E-state index contributed by atoms with van der Waals surface area (Å²) < 4.78 is 44.8. The largest absolute Gasteiger partial charge is 0.481 e. The maximum absolute atomic E-state index is 13.0. The Hall–Kier alpha value is -3.22. The Balaban J connectivity index is 1.36. The quantitative estimate of drug-likeness (QED) is 0.588. The first-order chi connectivity index (χ1) is 14.8. The van der Waals surface area contributed by atoms with Gasteiger partial charge in [0, 0.05) is 31.9 Å². The van der Waals surface area contributed by atoms with Crippen molar-refractivity contribution < 1.29 is 22.7 Å². The lowest BCUT2D eigenvalue weighted by molar-refractivity contribution is -0.138. The van der Waals surface area contributed by atoms with Gasteiger partial charge in [-0.25, -0.2) is 0 Å². The van der Waals surface area contributed by atoms with Gasteiger partial charge in [-0.3, -0.25) is 4.79 Å². The van der Waals surface area contributed by atoms with Gasteiger partial charge in [-0.05, 0) is 48.0 Å². The molecule has 1 atom stereocenters. The van der Waals surface area contributed by atoms with Crippen molar-refractivity contribution in [3.63, 3.8) is 0 Å². The van der Waals surface area contributed by atoms with Crippen LogP contribution in [0.4, 0.5) is 18.9 Å². The fraction of sp³-hybridized carbons (Fsp3) is 0.292. The van der Waals surface area contributed by atoms with Crippen molar-refractivity contribution in [2.24, 2.45) is 0 Å². The Morgan fingerprint density at radius 2 is 1.61 bits per heavy atom. The molecule has 3 aromatic rings. The lowest BCUT2D eigenvalue weighted by Gasteiger charge is -2.37. The number of nitrogens with zero attached hydrogens (tertiary/aromatic N) is 2. The molecule has 1 heterocycles. The van der Waals surface area contributed by atoms with Gasteiger partial charge in [-0.15, -0.1) is 0 Å². The zero-order valence-electron chi connectivity index (χ0n) is 17.1. The second-order valence-electron chi connectivity index (χ2n) is 7.63. The molecule has 0 bridgehead atoms. The van der Waals surface area contributed by atoms with Crippen molar-refractivity contribution in [3.8, 4) is 5.75 Å². The summed E-state index contributed by atoms with van der Waals surface area (Å²) in [5, 5.41) is 2.13. The van der Waals surface area contributed by atoms with E-state index in [1.807, 2.05) is 47.4 Å². The van der Waals surface area contributed by atoms with E-state index in [9.17, 15) is 18.0 Å². The minimum absolute atomic E-state index is 0.128. The number of piperazine rings is 1. The predicted molar refractivity (Wildman–Crippen MR) is 114 cm³/mol. The molecule has 0 aliphatic carbocycles. The number of hydrogen-bond donors (Lipinski definition) is 0. The van der Waals surface area contributed by atoms with Gasteiger partial charge in [0.05, 0.1) is 5.56 Å². The minimum Gasteiger partial charge on any atom is -0.481 e. The van der Waals surface area contributed by atoms with Crippen LogP contribution in [0.2, 0.25) is 0 Å². The first kappa shape index (κ1) is 21.0. The summed E-state index contributed by atoms with van der Waals surface area (Å²) in [7, 11) is 0. The molecule has 7 heteroatoms. The van der Waals surface area contributed by atoms with E-state index in [-0.39, 0.29) is 5.91 Å². The van der Waals surface area contributed by atoms with Gasteiger partial charge in [-0.1, -0.05) is 36.4 Å². The van der Waals surface area contributed by atoms with Crippen LogP contribution >= 0.6 is 0 Å². The van der Waals surface area contributed by atoms with Crippen LogP contribution < -0.4 is 9.64 Å². The number of benzene rings is 3. The third-order valence-corrected chi connectivity index (χ3v) is 5.51. The van der Waals surface area contributed by atoms with Crippen molar-refractivity contribution in [3.05, 3.63) is 72.3 Å². The third kappa shape index (κ3) is 4.76. The van der Waals surface area contributed by atoms with E-state index < -0.39 is 17.8 Å². The fourth-order valence-corrected chi connectivity index (χ4v) is 3.82. The van der Waals surface area contributed by atoms with E-state index in [4.69, 9.17) is 4.74 Å². The first-order valence-corrected chi connectivity index (χ1v) is 10.2. The summed E-state index contributed by atoms with van der Waals surface area (Å²) in [4.78, 5) is 16.4. The lowest BCUT2D eigenvalue weighted by atomic mass is 10.1. The summed E-state index contributed by atoms with van der Waals surface area (Å²) in [5.74, 6) is 0.499. The van der Waals surface area contributed by atoms with Crippen LogP contribution in [-0.2, 0) is 11.0 Å². The minimum atomic E-state index is -4.37. The number of hydrogen-bond acceptors (Lipinski definition) is 3. The molecule has 0 N–H and O–H groups in total. The first-order valence-electron chi connectivity index (χ1n) is 10.2. The molecule has 0 saturated carbocycles. The number of fused-ring (bicyclic) bond motifs is 1. The molecule has 1 aliphatic rings. The molecule has 1 amide bonds. The van der Waals surface area contributed by atoms with E-state index in [1.165, 1.54) is 6.07 Å². The van der Waals surface area contributed by atoms with Crippen LogP contribution in [-0.4, -0.2) is 43.1 Å². The molecule has 0 radical (unpaired) electrons. The highest BCUT2D eigenvalue weighted by Crippen LogP contribution is 2.32. The van der Waals surface area contributed by atoms with Crippen LogP contribution in [0.15, 0.2) is 66.7 Å². The Labute approximate surface area is 178 Å². The zero-order chi connectivity index (χ0) is 22.0. The second kappa shape index (κ2) is 8.49. The standard InChI is InChI=1S/C24H23F3N2O2/c1-17(31-22-10-9-18-5-2-3-6-19(18)15-22)23(30)29-13-11-28(12-14-29)21-8-4-7-20(16-21)24(25,26)27/h2-10,15-17H,11-14H2,1H3. The molecule has 1 fully saturated rings. The summed E-state index contributed by atoms with van der Waals surface area (Å²) in [6.07, 6.45) is -5.02. The Bertz CT molecular complexity index is 1080. The topological polar surface area (TPSA) is 32.8 Å². The van der Waals surface area contributed by atoms with Crippen molar-refractivity contribution in [2.75, 3.05) is 31.1 Å². The molecular formula is C24H23F3N2O2. The molecule has 1 saturated heterocycles. The fourth-order valence-electron chi connectivity index (χ4n) is 3.82. The van der Waals surface area contributed by atoms with Crippen molar-refractivity contribution in [1.29, 1.82) is 0 Å². The lowest BCUT2D eigenvalue weighted by Crippen LogP contribution is -2.52. The monoisotopic (exact) mass is 428 g/mol. The maximum atomic E-state index is 13.0. The number of rotatable bonds is 4. The highest BCUT2D eigenvalue weighted by atomic mass is 19.4. The number of halogens is 3. The molecule has 3 aromatic carbocycles. The SMILES string of the molecule is CC(Oc1ccc2ccccc2c1)C(=O)N1CCN(c2cccc(C(F)(F)F)c2)CC1. The smallest absolute Gasteiger partial charge is 0.416 e. The maximum Gasteiger partial charge on any atom is 0.416 e. The van der Waals surface area contributed by atoms with Crippen LogP contribution in [0.1, 0.15) is 12.5 Å². The van der Waals surface area contributed by atoms with Gasteiger partial charge < -0.3 is 14.5 Å². The number of anilines is 1. The van der Waals surface area contributed by atoms with Gasteiger partial charge in [0.15, 0.2) is 6.10 Å².